The predicted octanol–water partition coefficient (Wildman–Crippen LogP) is 1.41. The van der Waals surface area contributed by atoms with Gasteiger partial charge >= 0.3 is 0 Å². The summed E-state index contributed by atoms with van der Waals surface area (Å²) in [5.41, 5.74) is 0.806. The van der Waals surface area contributed by atoms with Crippen LogP contribution < -0.4 is 4.90 Å². The molecule has 0 saturated carbocycles. The summed E-state index contributed by atoms with van der Waals surface area (Å²) < 4.78 is 0. The van der Waals surface area contributed by atoms with Gasteiger partial charge in [0, 0.05) is 12.7 Å². The minimum atomic E-state index is -0.448. The van der Waals surface area contributed by atoms with Crippen LogP contribution in [0.5, 0.6) is 0 Å². The zero-order valence-corrected chi connectivity index (χ0v) is 6.32. The number of carbonyl (C=O) groups excluding carboxylic acids is 1. The molecule has 1 rings (SSSR count). The molecule has 2 radical (unpaired) electrons. The van der Waals surface area contributed by atoms with E-state index >= 15 is 0 Å². The lowest BCUT2D eigenvalue weighted by Crippen LogP contribution is -2.24. The number of hydrogen-bond donors (Lipinski definition) is 0. The maximum Gasteiger partial charge on any atom is 0.201 e. The van der Waals surface area contributed by atoms with E-state index in [1.165, 1.54) is 4.90 Å². The Morgan fingerprint density at radius 1 is 1.36 bits per heavy atom. The van der Waals surface area contributed by atoms with Crippen LogP contribution in [-0.2, 0) is 0 Å². The van der Waals surface area contributed by atoms with Gasteiger partial charge < -0.3 is 4.90 Å². The number of benzene rings is 1. The first-order valence-corrected chi connectivity index (χ1v) is 3.30. The Hall–Kier alpha value is -1.25. The molecule has 0 N–H and O–H groups in total. The van der Waals surface area contributed by atoms with Crippen molar-refractivity contribution in [2.45, 2.75) is 0 Å². The fourth-order valence-electron chi connectivity index (χ4n) is 0.779. The molecule has 2 nitrogen and oxygen atoms in total. The lowest BCUT2D eigenvalue weighted by Gasteiger charge is -2.14. The second-order valence-corrected chi connectivity index (χ2v) is 2.23. The minimum Gasteiger partial charge on any atom is -0.325 e. The molecule has 3 heteroatoms. The highest BCUT2D eigenvalue weighted by molar-refractivity contribution is 6.60. The summed E-state index contributed by atoms with van der Waals surface area (Å²) in [7, 11) is 6.69. The van der Waals surface area contributed by atoms with E-state index in [0.717, 1.165) is 5.69 Å². The summed E-state index contributed by atoms with van der Waals surface area (Å²) >= 11 is 0. The smallest absolute Gasteiger partial charge is 0.201 e. The van der Waals surface area contributed by atoms with E-state index in [1.807, 2.05) is 30.3 Å². The average molecular weight is 145 g/mol. The van der Waals surface area contributed by atoms with Gasteiger partial charge in [0.05, 0.1) is 0 Å². The van der Waals surface area contributed by atoms with Crippen LogP contribution in [0.4, 0.5) is 10.5 Å². The van der Waals surface area contributed by atoms with Crippen molar-refractivity contribution in [3.05, 3.63) is 30.3 Å². The van der Waals surface area contributed by atoms with Crippen molar-refractivity contribution in [1.29, 1.82) is 0 Å². The van der Waals surface area contributed by atoms with Gasteiger partial charge in [0.1, 0.15) is 0 Å². The highest BCUT2D eigenvalue weighted by Gasteiger charge is 2.01. The Morgan fingerprint density at radius 3 is 2.36 bits per heavy atom. The molecule has 11 heavy (non-hydrogen) atoms. The predicted molar refractivity (Wildman–Crippen MR) is 46.0 cm³/mol. The van der Waals surface area contributed by atoms with Crippen LogP contribution in [0.15, 0.2) is 30.3 Å². The van der Waals surface area contributed by atoms with Gasteiger partial charge in [-0.05, 0) is 12.1 Å². The van der Waals surface area contributed by atoms with Crippen molar-refractivity contribution in [3.8, 4) is 0 Å². The molecule has 0 unspecified atom stereocenters. The summed E-state index contributed by atoms with van der Waals surface area (Å²) in [5.74, 6) is -0.448. The molecule has 1 aromatic carbocycles. The largest absolute Gasteiger partial charge is 0.325 e. The maximum absolute atomic E-state index is 10.6. The number of hydrogen-bond acceptors (Lipinski definition) is 1. The quantitative estimate of drug-likeness (QED) is 0.547. The molecule has 0 heterocycles. The van der Waals surface area contributed by atoms with Crippen molar-refractivity contribution in [2.75, 3.05) is 11.9 Å². The summed E-state index contributed by atoms with van der Waals surface area (Å²) in [6, 6.07) is 9.25. The van der Waals surface area contributed by atoms with Crippen LogP contribution in [0, 0.1) is 0 Å². The highest BCUT2D eigenvalue weighted by atomic mass is 16.1. The normalized spacial score (nSPS) is 9.18. The molecular formula is C8H8BNO. The van der Waals surface area contributed by atoms with E-state index in [2.05, 4.69) is 0 Å². The molecule has 1 aromatic rings. The van der Waals surface area contributed by atoms with Gasteiger partial charge in [0.25, 0.3) is 0 Å². The summed E-state index contributed by atoms with van der Waals surface area (Å²) in [6.07, 6.45) is 0. The number of amides is 1. The number of anilines is 1. The third kappa shape index (κ3) is 1.83. The second kappa shape index (κ2) is 3.24. The van der Waals surface area contributed by atoms with Gasteiger partial charge in [0.2, 0.25) is 7.85 Å². The highest BCUT2D eigenvalue weighted by Crippen LogP contribution is 2.09. The van der Waals surface area contributed by atoms with E-state index < -0.39 is 5.81 Å². The van der Waals surface area contributed by atoms with Gasteiger partial charge in [-0.25, -0.2) is 0 Å². The van der Waals surface area contributed by atoms with E-state index in [-0.39, 0.29) is 0 Å². The number of nitrogens with zero attached hydrogens (tertiary/aromatic N) is 1. The third-order valence-corrected chi connectivity index (χ3v) is 1.47. The lowest BCUT2D eigenvalue weighted by molar-refractivity contribution is 0.265. The molecule has 0 aromatic heterocycles. The fraction of sp³-hybridized carbons (Fsp3) is 0.125. The molecule has 0 bridgehead atoms. The van der Waals surface area contributed by atoms with Gasteiger partial charge in [0.15, 0.2) is 5.81 Å². The summed E-state index contributed by atoms with van der Waals surface area (Å²) in [6.45, 7) is 0. The number of rotatable bonds is 1. The molecule has 0 spiro atoms. The molecule has 0 aliphatic rings. The van der Waals surface area contributed by atoms with Crippen LogP contribution in [-0.4, -0.2) is 20.7 Å². The Kier molecular flexibility index (Phi) is 2.31. The molecule has 0 saturated heterocycles. The molecule has 54 valence electrons. The van der Waals surface area contributed by atoms with Crippen molar-refractivity contribution >= 4 is 19.3 Å². The van der Waals surface area contributed by atoms with Gasteiger partial charge in [-0.15, -0.1) is 0 Å². The molecule has 1 amide bonds. The van der Waals surface area contributed by atoms with Crippen LogP contribution >= 0.6 is 0 Å². The topological polar surface area (TPSA) is 20.3 Å². The standard InChI is InChI=1S/C8H8BNO/c1-10(8(9)11)7-5-3-2-4-6-7/h2-6H,1H3. The maximum atomic E-state index is 10.6. The molecule has 0 aliphatic carbocycles. The van der Waals surface area contributed by atoms with Gasteiger partial charge in [-0.3, -0.25) is 4.79 Å². The first-order chi connectivity index (χ1) is 5.22. The molecule has 0 aliphatic heterocycles. The van der Waals surface area contributed by atoms with Crippen molar-refractivity contribution in [3.63, 3.8) is 0 Å². The Morgan fingerprint density at radius 2 is 1.91 bits per heavy atom. The first kappa shape index (κ1) is 7.86. The van der Waals surface area contributed by atoms with Gasteiger partial charge in [-0.2, -0.15) is 0 Å². The second-order valence-electron chi connectivity index (χ2n) is 2.23. The SMILES string of the molecule is [B]C(=O)N(C)c1ccccc1. The van der Waals surface area contributed by atoms with E-state index in [4.69, 9.17) is 7.85 Å². The van der Waals surface area contributed by atoms with E-state index in [9.17, 15) is 4.79 Å². The molecule has 0 fully saturated rings. The van der Waals surface area contributed by atoms with Crippen LogP contribution in [0.1, 0.15) is 0 Å². The number of para-hydroxylation sites is 1. The Balaban J connectivity index is 2.85. The summed E-state index contributed by atoms with van der Waals surface area (Å²) in [5, 5.41) is 0. The van der Waals surface area contributed by atoms with Crippen LogP contribution in [0.2, 0.25) is 0 Å². The lowest BCUT2D eigenvalue weighted by atomic mass is 10.1. The fourth-order valence-corrected chi connectivity index (χ4v) is 0.779. The van der Waals surface area contributed by atoms with Crippen LogP contribution in [0.3, 0.4) is 0 Å². The third-order valence-electron chi connectivity index (χ3n) is 1.47. The zero-order valence-electron chi connectivity index (χ0n) is 6.32. The van der Waals surface area contributed by atoms with E-state index in [0.29, 0.717) is 0 Å². The Labute approximate surface area is 67.2 Å². The monoisotopic (exact) mass is 145 g/mol. The average Bonchev–Trinajstić information content (AvgIpc) is 2.05. The minimum absolute atomic E-state index is 0.448. The summed E-state index contributed by atoms with van der Waals surface area (Å²) in [4.78, 5) is 12.0. The van der Waals surface area contributed by atoms with Crippen molar-refractivity contribution in [1.82, 2.24) is 0 Å². The van der Waals surface area contributed by atoms with E-state index in [1.54, 1.807) is 7.05 Å². The Bertz CT molecular complexity index is 248. The first-order valence-electron chi connectivity index (χ1n) is 3.30. The van der Waals surface area contributed by atoms with Crippen LogP contribution in [0.25, 0.3) is 0 Å². The molecular weight excluding hydrogens is 137 g/mol. The zero-order chi connectivity index (χ0) is 8.27. The van der Waals surface area contributed by atoms with Crippen molar-refractivity contribution in [2.24, 2.45) is 0 Å². The number of carbonyl (C=O) groups is 1. The molecule has 0 atom stereocenters. The van der Waals surface area contributed by atoms with Gasteiger partial charge in [-0.1, -0.05) is 18.2 Å². The van der Waals surface area contributed by atoms with Crippen molar-refractivity contribution < 1.29 is 4.79 Å².